The molecule has 7 heteroatoms. The molecule has 1 N–H and O–H groups in total. The number of nitrogens with one attached hydrogen (secondary N) is 1. The van der Waals surface area contributed by atoms with E-state index >= 15 is 0 Å². The Morgan fingerprint density at radius 1 is 1.03 bits per heavy atom. The number of ether oxygens (including phenoxy) is 1. The minimum Gasteiger partial charge on any atom is -0.444 e. The fourth-order valence-corrected chi connectivity index (χ4v) is 4.80. The maximum Gasteiger partial charge on any atom is 0.410 e. The second kappa shape index (κ2) is 9.63. The van der Waals surface area contributed by atoms with Crippen molar-refractivity contribution in [1.29, 1.82) is 0 Å². The predicted octanol–water partition coefficient (Wildman–Crippen LogP) is 4.77. The molecule has 0 spiro atoms. The number of carbonyl (C=O) groups is 1. The SMILES string of the molecule is CC(C)S(=O)(=O)N[C@H]1CCN(C(=O)OC(C)(C)C)C[C@@H]1c1ccc(-c2ccccc2)cc1. The van der Waals surface area contributed by atoms with Crippen LogP contribution in [0.3, 0.4) is 0 Å². The van der Waals surface area contributed by atoms with E-state index in [1.807, 2.05) is 63.2 Å². The van der Waals surface area contributed by atoms with E-state index in [9.17, 15) is 13.2 Å². The summed E-state index contributed by atoms with van der Waals surface area (Å²) < 4.78 is 33.7. The van der Waals surface area contributed by atoms with E-state index in [-0.39, 0.29) is 18.1 Å². The van der Waals surface area contributed by atoms with Gasteiger partial charge in [0.15, 0.2) is 0 Å². The van der Waals surface area contributed by atoms with Crippen molar-refractivity contribution in [1.82, 2.24) is 9.62 Å². The highest BCUT2D eigenvalue weighted by Gasteiger charge is 2.36. The normalized spacial score (nSPS) is 19.8. The molecule has 1 amide bonds. The first-order valence-electron chi connectivity index (χ1n) is 11.1. The van der Waals surface area contributed by atoms with E-state index in [1.165, 1.54) is 0 Å². The molecule has 0 aromatic heterocycles. The zero-order chi connectivity index (χ0) is 23.5. The number of hydrogen-bond acceptors (Lipinski definition) is 4. The molecule has 0 aliphatic carbocycles. The average molecular weight is 459 g/mol. The number of nitrogens with zero attached hydrogens (tertiary/aromatic N) is 1. The number of piperidine rings is 1. The molecular weight excluding hydrogens is 424 g/mol. The van der Waals surface area contributed by atoms with E-state index in [2.05, 4.69) is 16.9 Å². The molecule has 1 fully saturated rings. The summed E-state index contributed by atoms with van der Waals surface area (Å²) in [5, 5.41) is -0.521. The van der Waals surface area contributed by atoms with Crippen molar-refractivity contribution >= 4 is 16.1 Å². The van der Waals surface area contributed by atoms with Crippen molar-refractivity contribution in [3.63, 3.8) is 0 Å². The first kappa shape index (κ1) is 24.3. The molecule has 1 heterocycles. The fraction of sp³-hybridized carbons (Fsp3) is 0.480. The van der Waals surface area contributed by atoms with E-state index in [1.54, 1.807) is 18.7 Å². The number of carbonyl (C=O) groups excluding carboxylic acids is 1. The third kappa shape index (κ3) is 6.11. The molecule has 1 aliphatic heterocycles. The zero-order valence-corrected chi connectivity index (χ0v) is 20.4. The van der Waals surface area contributed by atoms with Crippen LogP contribution >= 0.6 is 0 Å². The number of hydrogen-bond donors (Lipinski definition) is 1. The quantitative estimate of drug-likeness (QED) is 0.700. The maximum absolute atomic E-state index is 12.7. The molecule has 0 radical (unpaired) electrons. The van der Waals surface area contributed by atoms with Crippen molar-refractivity contribution < 1.29 is 17.9 Å². The molecule has 0 saturated carbocycles. The van der Waals surface area contributed by atoms with Crippen LogP contribution in [0.15, 0.2) is 54.6 Å². The monoisotopic (exact) mass is 458 g/mol. The molecule has 2 atom stereocenters. The lowest BCUT2D eigenvalue weighted by molar-refractivity contribution is 0.0182. The minimum absolute atomic E-state index is 0.172. The van der Waals surface area contributed by atoms with Crippen LogP contribution in [0.2, 0.25) is 0 Å². The first-order chi connectivity index (χ1) is 15.0. The molecule has 174 valence electrons. The third-order valence-electron chi connectivity index (χ3n) is 5.65. The fourth-order valence-electron chi connectivity index (χ4n) is 3.82. The molecule has 3 rings (SSSR count). The standard InChI is InChI=1S/C25H34N2O4S/c1-18(2)32(29,30)26-23-15-16-27(24(28)31-25(3,4)5)17-22(23)21-13-11-20(12-14-21)19-9-7-6-8-10-19/h6-14,18,22-23,26H,15-17H2,1-5H3/t22-,23+/m1/s1. The molecule has 32 heavy (non-hydrogen) atoms. The maximum atomic E-state index is 12.7. The second-order valence-electron chi connectivity index (χ2n) is 9.63. The Bertz CT molecular complexity index is 1010. The van der Waals surface area contributed by atoms with E-state index in [0.717, 1.165) is 16.7 Å². The van der Waals surface area contributed by atoms with Gasteiger partial charge < -0.3 is 9.64 Å². The molecule has 0 bridgehead atoms. The van der Waals surface area contributed by atoms with Crippen LogP contribution in [0.25, 0.3) is 11.1 Å². The smallest absolute Gasteiger partial charge is 0.410 e. The van der Waals surface area contributed by atoms with Gasteiger partial charge in [-0.05, 0) is 57.7 Å². The molecule has 2 aromatic carbocycles. The molecule has 1 saturated heterocycles. The number of likely N-dealkylation sites (tertiary alicyclic amines) is 1. The lowest BCUT2D eigenvalue weighted by Crippen LogP contribution is -2.53. The summed E-state index contributed by atoms with van der Waals surface area (Å²) in [5.41, 5.74) is 2.62. The molecule has 0 unspecified atom stereocenters. The lowest BCUT2D eigenvalue weighted by atomic mass is 9.86. The van der Waals surface area contributed by atoms with Gasteiger partial charge in [-0.2, -0.15) is 0 Å². The highest BCUT2D eigenvalue weighted by atomic mass is 32.2. The van der Waals surface area contributed by atoms with Crippen molar-refractivity contribution in [3.8, 4) is 11.1 Å². The van der Waals surface area contributed by atoms with Crippen molar-refractivity contribution in [2.45, 2.75) is 63.9 Å². The summed E-state index contributed by atoms with van der Waals surface area (Å²) in [6.07, 6.45) is 0.157. The molecule has 1 aliphatic rings. The first-order valence-corrected chi connectivity index (χ1v) is 12.7. The zero-order valence-electron chi connectivity index (χ0n) is 19.5. The molecule has 2 aromatic rings. The summed E-state index contributed by atoms with van der Waals surface area (Å²) in [4.78, 5) is 14.4. The Labute approximate surface area is 192 Å². The van der Waals surface area contributed by atoms with Gasteiger partial charge in [0.1, 0.15) is 5.60 Å². The average Bonchev–Trinajstić information content (AvgIpc) is 2.73. The minimum atomic E-state index is -3.44. The van der Waals surface area contributed by atoms with Crippen LogP contribution in [-0.4, -0.2) is 49.4 Å². The van der Waals surface area contributed by atoms with E-state index in [4.69, 9.17) is 4.74 Å². The van der Waals surface area contributed by atoms with Gasteiger partial charge in [-0.1, -0.05) is 54.6 Å². The van der Waals surface area contributed by atoms with Crippen LogP contribution in [-0.2, 0) is 14.8 Å². The van der Waals surface area contributed by atoms with Crippen molar-refractivity contribution in [3.05, 3.63) is 60.2 Å². The number of sulfonamides is 1. The van der Waals surface area contributed by atoms with Crippen LogP contribution in [0.1, 0.15) is 52.5 Å². The van der Waals surface area contributed by atoms with Gasteiger partial charge >= 0.3 is 6.09 Å². The largest absolute Gasteiger partial charge is 0.444 e. The molecular formula is C25H34N2O4S. The number of rotatable bonds is 5. The summed E-state index contributed by atoms with van der Waals surface area (Å²) in [6.45, 7) is 9.70. The summed E-state index contributed by atoms with van der Waals surface area (Å²) in [5.74, 6) is -0.172. The predicted molar refractivity (Wildman–Crippen MR) is 128 cm³/mol. The Morgan fingerprint density at radius 2 is 1.62 bits per heavy atom. The Hall–Kier alpha value is -2.38. The summed E-state index contributed by atoms with van der Waals surface area (Å²) in [6, 6.07) is 18.0. The van der Waals surface area contributed by atoms with Crippen molar-refractivity contribution in [2.24, 2.45) is 0 Å². The van der Waals surface area contributed by atoms with E-state index in [0.29, 0.717) is 19.5 Å². The topological polar surface area (TPSA) is 75.7 Å². The Kier molecular flexibility index (Phi) is 7.30. The van der Waals surface area contributed by atoms with Gasteiger partial charge in [-0.3, -0.25) is 0 Å². The summed E-state index contributed by atoms with van der Waals surface area (Å²) in [7, 11) is -3.44. The second-order valence-corrected chi connectivity index (χ2v) is 11.9. The van der Waals surface area contributed by atoms with E-state index < -0.39 is 20.9 Å². The number of benzene rings is 2. The highest BCUT2D eigenvalue weighted by Crippen LogP contribution is 2.31. The Morgan fingerprint density at radius 3 is 2.19 bits per heavy atom. The van der Waals surface area contributed by atoms with Gasteiger partial charge in [0.2, 0.25) is 10.0 Å². The van der Waals surface area contributed by atoms with Crippen LogP contribution in [0.5, 0.6) is 0 Å². The highest BCUT2D eigenvalue weighted by molar-refractivity contribution is 7.90. The Balaban J connectivity index is 1.87. The van der Waals surface area contributed by atoms with Gasteiger partial charge in [-0.25, -0.2) is 17.9 Å². The van der Waals surface area contributed by atoms with Crippen LogP contribution in [0, 0.1) is 0 Å². The van der Waals surface area contributed by atoms with Gasteiger partial charge in [-0.15, -0.1) is 0 Å². The van der Waals surface area contributed by atoms with Gasteiger partial charge in [0, 0.05) is 25.0 Å². The van der Waals surface area contributed by atoms with Gasteiger partial charge in [0.05, 0.1) is 5.25 Å². The number of amides is 1. The third-order valence-corrected chi connectivity index (χ3v) is 7.52. The summed E-state index contributed by atoms with van der Waals surface area (Å²) >= 11 is 0. The van der Waals surface area contributed by atoms with Crippen LogP contribution in [0.4, 0.5) is 4.79 Å². The molecule has 6 nitrogen and oxygen atoms in total. The lowest BCUT2D eigenvalue weighted by Gasteiger charge is -2.39. The van der Waals surface area contributed by atoms with Crippen molar-refractivity contribution in [2.75, 3.05) is 13.1 Å². The van der Waals surface area contributed by atoms with Crippen LogP contribution < -0.4 is 4.72 Å². The van der Waals surface area contributed by atoms with Gasteiger partial charge in [0.25, 0.3) is 0 Å².